The summed E-state index contributed by atoms with van der Waals surface area (Å²) in [4.78, 5) is 28.4. The SMILES string of the molecule is O=C1CC(N2CCC(O)(c3ccc(Br)cc3)CC2)C(=O)N1c1ccc(F)cc1. The molecule has 2 aliphatic rings. The van der Waals surface area contributed by atoms with E-state index in [1.54, 1.807) is 0 Å². The largest absolute Gasteiger partial charge is 0.385 e. The molecular weight excluding hydrogens is 427 g/mol. The van der Waals surface area contributed by atoms with Gasteiger partial charge in [-0.15, -0.1) is 0 Å². The summed E-state index contributed by atoms with van der Waals surface area (Å²) >= 11 is 3.40. The van der Waals surface area contributed by atoms with Gasteiger partial charge in [0.05, 0.1) is 23.8 Å². The fraction of sp³-hybridized carbons (Fsp3) is 0.333. The van der Waals surface area contributed by atoms with E-state index in [1.807, 2.05) is 29.2 Å². The summed E-state index contributed by atoms with van der Waals surface area (Å²) in [6.07, 6.45) is 1.08. The van der Waals surface area contributed by atoms with Crippen LogP contribution < -0.4 is 4.90 Å². The third-order valence-electron chi connectivity index (χ3n) is 5.66. The molecule has 2 heterocycles. The number of halogens is 2. The molecule has 2 saturated heterocycles. The third-order valence-corrected chi connectivity index (χ3v) is 6.18. The first-order valence-corrected chi connectivity index (χ1v) is 10.0. The lowest BCUT2D eigenvalue weighted by molar-refractivity contribution is -0.124. The van der Waals surface area contributed by atoms with Crippen molar-refractivity contribution in [2.75, 3.05) is 18.0 Å². The van der Waals surface area contributed by atoms with E-state index in [-0.39, 0.29) is 18.2 Å². The first-order chi connectivity index (χ1) is 13.4. The number of benzene rings is 2. The minimum atomic E-state index is -0.931. The zero-order valence-electron chi connectivity index (χ0n) is 15.1. The summed E-state index contributed by atoms with van der Waals surface area (Å²) in [6.45, 7) is 1.04. The monoisotopic (exact) mass is 446 g/mol. The maximum atomic E-state index is 13.1. The molecule has 0 aromatic heterocycles. The molecule has 4 rings (SSSR count). The normalized spacial score (nSPS) is 22.7. The zero-order chi connectivity index (χ0) is 19.9. The molecule has 2 fully saturated rings. The van der Waals surface area contributed by atoms with Gasteiger partial charge in [-0.2, -0.15) is 0 Å². The van der Waals surface area contributed by atoms with Crippen LogP contribution in [0.25, 0.3) is 0 Å². The Bertz CT molecular complexity index is 893. The van der Waals surface area contributed by atoms with Gasteiger partial charge in [-0.05, 0) is 54.8 Å². The zero-order valence-corrected chi connectivity index (χ0v) is 16.7. The molecule has 0 spiro atoms. The number of hydrogen-bond donors (Lipinski definition) is 1. The van der Waals surface area contributed by atoms with E-state index in [0.717, 1.165) is 14.9 Å². The van der Waals surface area contributed by atoms with Gasteiger partial charge in [0.15, 0.2) is 0 Å². The quantitative estimate of drug-likeness (QED) is 0.735. The maximum absolute atomic E-state index is 13.1. The summed E-state index contributed by atoms with van der Waals surface area (Å²) in [5.74, 6) is -0.983. The molecule has 2 aromatic carbocycles. The number of carbonyl (C=O) groups excluding carboxylic acids is 2. The summed E-state index contributed by atoms with van der Waals surface area (Å²) in [7, 11) is 0. The van der Waals surface area contributed by atoms with Crippen molar-refractivity contribution in [2.45, 2.75) is 30.9 Å². The standard InChI is InChI=1S/C21H20BrFN2O3/c22-15-3-1-14(2-4-15)21(28)9-11-24(12-10-21)18-13-19(26)25(20(18)27)17-7-5-16(23)6-8-17/h1-8,18,28H,9-13H2. The second-order valence-corrected chi connectivity index (χ2v) is 8.25. The molecule has 1 atom stereocenters. The van der Waals surface area contributed by atoms with Crippen molar-refractivity contribution in [3.63, 3.8) is 0 Å². The van der Waals surface area contributed by atoms with Crippen LogP contribution in [0.4, 0.5) is 10.1 Å². The number of imide groups is 1. The second kappa shape index (κ2) is 7.39. The van der Waals surface area contributed by atoms with E-state index >= 15 is 0 Å². The van der Waals surface area contributed by atoms with Crippen LogP contribution >= 0.6 is 15.9 Å². The molecule has 28 heavy (non-hydrogen) atoms. The van der Waals surface area contributed by atoms with Gasteiger partial charge in [0.25, 0.3) is 5.91 Å². The third kappa shape index (κ3) is 3.50. The Morgan fingerprint density at radius 3 is 2.21 bits per heavy atom. The number of aliphatic hydroxyl groups is 1. The van der Waals surface area contributed by atoms with E-state index in [0.29, 0.717) is 31.6 Å². The highest BCUT2D eigenvalue weighted by molar-refractivity contribution is 9.10. The number of hydrogen-bond acceptors (Lipinski definition) is 4. The van der Waals surface area contributed by atoms with Gasteiger partial charge in [-0.3, -0.25) is 14.5 Å². The van der Waals surface area contributed by atoms with Gasteiger partial charge < -0.3 is 5.11 Å². The second-order valence-electron chi connectivity index (χ2n) is 7.34. The van der Waals surface area contributed by atoms with Crippen LogP contribution in [0, 0.1) is 5.82 Å². The summed E-state index contributed by atoms with van der Waals surface area (Å²) in [6, 6.07) is 12.4. The Hall–Kier alpha value is -2.09. The van der Waals surface area contributed by atoms with E-state index in [2.05, 4.69) is 15.9 Å². The number of carbonyl (C=O) groups is 2. The van der Waals surface area contributed by atoms with Crippen LogP contribution in [0.1, 0.15) is 24.8 Å². The van der Waals surface area contributed by atoms with Crippen LogP contribution in [0.2, 0.25) is 0 Å². The molecule has 5 nitrogen and oxygen atoms in total. The molecule has 1 unspecified atom stereocenters. The fourth-order valence-electron chi connectivity index (χ4n) is 4.02. The average molecular weight is 447 g/mol. The number of anilines is 1. The van der Waals surface area contributed by atoms with E-state index < -0.39 is 17.5 Å². The summed E-state index contributed by atoms with van der Waals surface area (Å²) < 4.78 is 14.1. The maximum Gasteiger partial charge on any atom is 0.251 e. The van der Waals surface area contributed by atoms with Crippen molar-refractivity contribution in [1.29, 1.82) is 0 Å². The molecule has 146 valence electrons. The lowest BCUT2D eigenvalue weighted by atomic mass is 9.84. The van der Waals surface area contributed by atoms with Crippen molar-refractivity contribution in [3.05, 3.63) is 64.4 Å². The molecule has 0 radical (unpaired) electrons. The fourth-order valence-corrected chi connectivity index (χ4v) is 4.28. The molecule has 0 aliphatic carbocycles. The highest BCUT2D eigenvalue weighted by Gasteiger charge is 2.45. The number of nitrogens with zero attached hydrogens (tertiary/aromatic N) is 2. The molecule has 0 bridgehead atoms. The number of amides is 2. The topological polar surface area (TPSA) is 60.9 Å². The highest BCUT2D eigenvalue weighted by atomic mass is 79.9. The van der Waals surface area contributed by atoms with Crippen LogP contribution in [0.15, 0.2) is 53.0 Å². The lowest BCUT2D eigenvalue weighted by Crippen LogP contribution is -2.49. The van der Waals surface area contributed by atoms with Crippen molar-refractivity contribution >= 4 is 33.4 Å². The Balaban J connectivity index is 1.46. The van der Waals surface area contributed by atoms with Crippen molar-refractivity contribution < 1.29 is 19.1 Å². The molecule has 2 aromatic rings. The first kappa shape index (κ1) is 19.2. The molecule has 1 N–H and O–H groups in total. The van der Waals surface area contributed by atoms with Gasteiger partial charge in [0.1, 0.15) is 5.82 Å². The average Bonchev–Trinajstić information content (AvgIpc) is 2.98. The highest BCUT2D eigenvalue weighted by Crippen LogP contribution is 2.36. The van der Waals surface area contributed by atoms with Gasteiger partial charge in [-0.25, -0.2) is 9.29 Å². The van der Waals surface area contributed by atoms with Crippen molar-refractivity contribution in [2.24, 2.45) is 0 Å². The molecule has 0 saturated carbocycles. The van der Waals surface area contributed by atoms with Gasteiger partial charge in [0.2, 0.25) is 5.91 Å². The molecular formula is C21H20BrFN2O3. The predicted octanol–water partition coefficient (Wildman–Crippen LogP) is 3.20. The number of piperidine rings is 1. The van der Waals surface area contributed by atoms with Crippen molar-refractivity contribution in [3.8, 4) is 0 Å². The first-order valence-electron chi connectivity index (χ1n) is 9.22. The number of rotatable bonds is 3. The summed E-state index contributed by atoms with van der Waals surface area (Å²) in [5.41, 5.74) is 0.318. The minimum Gasteiger partial charge on any atom is -0.385 e. The van der Waals surface area contributed by atoms with E-state index in [4.69, 9.17) is 0 Å². The van der Waals surface area contributed by atoms with Crippen molar-refractivity contribution in [1.82, 2.24) is 4.90 Å². The van der Waals surface area contributed by atoms with Gasteiger partial charge in [0, 0.05) is 17.6 Å². The van der Waals surface area contributed by atoms with Gasteiger partial charge in [-0.1, -0.05) is 28.1 Å². The lowest BCUT2D eigenvalue weighted by Gasteiger charge is -2.40. The van der Waals surface area contributed by atoms with Gasteiger partial charge >= 0.3 is 0 Å². The smallest absolute Gasteiger partial charge is 0.251 e. The predicted molar refractivity (Wildman–Crippen MR) is 106 cm³/mol. The molecule has 2 aliphatic heterocycles. The molecule has 2 amide bonds. The van der Waals surface area contributed by atoms with Crippen LogP contribution in [0.3, 0.4) is 0 Å². The van der Waals surface area contributed by atoms with Crippen LogP contribution in [0.5, 0.6) is 0 Å². The Labute approximate surface area is 170 Å². The Kier molecular flexibility index (Phi) is 5.07. The minimum absolute atomic E-state index is 0.104. The number of likely N-dealkylation sites (tertiary alicyclic amines) is 1. The van der Waals surface area contributed by atoms with E-state index in [1.165, 1.54) is 24.3 Å². The van der Waals surface area contributed by atoms with Crippen LogP contribution in [-0.2, 0) is 15.2 Å². The Morgan fingerprint density at radius 1 is 1.00 bits per heavy atom. The Morgan fingerprint density at radius 2 is 1.61 bits per heavy atom. The summed E-state index contributed by atoms with van der Waals surface area (Å²) in [5, 5.41) is 11.0. The van der Waals surface area contributed by atoms with E-state index in [9.17, 15) is 19.1 Å². The molecule has 7 heteroatoms. The van der Waals surface area contributed by atoms with Crippen LogP contribution in [-0.4, -0.2) is 41.0 Å².